The van der Waals surface area contributed by atoms with Gasteiger partial charge < -0.3 is 20.7 Å². The van der Waals surface area contributed by atoms with Crippen LogP contribution >= 0.6 is 0 Å². The normalized spacial score (nSPS) is 16.2. The number of anilines is 2. The van der Waals surface area contributed by atoms with E-state index in [1.165, 1.54) is 0 Å². The Bertz CT molecular complexity index is 1360. The van der Waals surface area contributed by atoms with Crippen molar-refractivity contribution in [2.75, 3.05) is 23.7 Å². The SMILES string of the molecule is C=N/C(Oc1c(C)ccc2c(NC(=O)CCC)cccc12)=C(\C=C/C)c1ccnc(N[C@H]2CCCNC2)n1. The van der Waals surface area contributed by atoms with Gasteiger partial charge in [0, 0.05) is 41.7 Å². The van der Waals surface area contributed by atoms with Crippen LogP contribution in [0.25, 0.3) is 16.3 Å². The van der Waals surface area contributed by atoms with E-state index in [4.69, 9.17) is 9.72 Å². The Balaban J connectivity index is 1.72. The highest BCUT2D eigenvalue weighted by Gasteiger charge is 2.18. The van der Waals surface area contributed by atoms with Crippen LogP contribution in [0.1, 0.15) is 50.8 Å². The van der Waals surface area contributed by atoms with Crippen LogP contribution in [-0.4, -0.2) is 41.7 Å². The molecule has 0 spiro atoms. The number of carbonyl (C=O) groups excluding carboxylic acids is 1. The number of ether oxygens (including phenoxy) is 1. The van der Waals surface area contributed by atoms with Crippen LogP contribution < -0.4 is 20.7 Å². The van der Waals surface area contributed by atoms with Gasteiger partial charge in [0.15, 0.2) is 0 Å². The summed E-state index contributed by atoms with van der Waals surface area (Å²) >= 11 is 0. The highest BCUT2D eigenvalue weighted by atomic mass is 16.5. The van der Waals surface area contributed by atoms with Gasteiger partial charge in [-0.2, -0.15) is 0 Å². The predicted octanol–water partition coefficient (Wildman–Crippen LogP) is 5.87. The molecule has 0 bridgehead atoms. The van der Waals surface area contributed by atoms with Gasteiger partial charge in [-0.25, -0.2) is 15.0 Å². The van der Waals surface area contributed by atoms with Crippen molar-refractivity contribution in [3.05, 3.63) is 71.9 Å². The van der Waals surface area contributed by atoms with Gasteiger partial charge in [0.25, 0.3) is 0 Å². The standard InChI is InChI=1S/C30H36N6O2/c1-5-9-24(26-16-18-33-30(36-26)34-21-11-8-17-32-19-21)29(31-4)38-28-20(3)14-15-22-23(28)12-7-13-25(22)35-27(37)10-6-2/h5,7,9,12-16,18,21,32H,4,6,8,10-11,17,19H2,1-3H3,(H,35,37)(H,33,34,36)/b9-5-,29-24-/t21-/m0/s1. The summed E-state index contributed by atoms with van der Waals surface area (Å²) in [5.41, 5.74) is 3.06. The second-order valence-electron chi connectivity index (χ2n) is 9.34. The van der Waals surface area contributed by atoms with E-state index in [0.29, 0.717) is 35.3 Å². The number of hydrogen-bond acceptors (Lipinski definition) is 7. The summed E-state index contributed by atoms with van der Waals surface area (Å²) in [6.45, 7) is 11.6. The van der Waals surface area contributed by atoms with Crippen molar-refractivity contribution in [2.24, 2.45) is 4.99 Å². The number of fused-ring (bicyclic) bond motifs is 1. The summed E-state index contributed by atoms with van der Waals surface area (Å²) in [5, 5.41) is 11.6. The van der Waals surface area contributed by atoms with Crippen molar-refractivity contribution < 1.29 is 9.53 Å². The quantitative estimate of drug-likeness (QED) is 0.179. The lowest BCUT2D eigenvalue weighted by Gasteiger charge is -2.23. The Morgan fingerprint density at radius 1 is 1.26 bits per heavy atom. The molecule has 1 saturated heterocycles. The maximum Gasteiger partial charge on any atom is 0.228 e. The summed E-state index contributed by atoms with van der Waals surface area (Å²) in [5.74, 6) is 1.54. The first-order valence-electron chi connectivity index (χ1n) is 13.2. The fraction of sp³-hybridized carbons (Fsp3) is 0.333. The van der Waals surface area contributed by atoms with Crippen molar-refractivity contribution in [3.8, 4) is 5.75 Å². The van der Waals surface area contributed by atoms with Gasteiger partial charge in [-0.15, -0.1) is 0 Å². The number of aliphatic imine (C=N–C) groups is 1. The monoisotopic (exact) mass is 512 g/mol. The number of nitrogens with zero attached hydrogens (tertiary/aromatic N) is 3. The molecule has 1 fully saturated rings. The predicted molar refractivity (Wildman–Crippen MR) is 156 cm³/mol. The molecule has 1 aromatic heterocycles. The van der Waals surface area contributed by atoms with Crippen molar-refractivity contribution in [3.63, 3.8) is 0 Å². The first-order chi connectivity index (χ1) is 18.5. The number of benzene rings is 2. The molecule has 1 atom stereocenters. The zero-order chi connectivity index (χ0) is 26.9. The second-order valence-corrected chi connectivity index (χ2v) is 9.34. The van der Waals surface area contributed by atoms with Crippen LogP contribution in [0.4, 0.5) is 11.6 Å². The van der Waals surface area contributed by atoms with E-state index in [1.807, 2.05) is 69.3 Å². The van der Waals surface area contributed by atoms with Crippen LogP contribution in [0.15, 0.2) is 65.6 Å². The van der Waals surface area contributed by atoms with Crippen molar-refractivity contribution in [1.82, 2.24) is 15.3 Å². The van der Waals surface area contributed by atoms with Crippen LogP contribution in [0.5, 0.6) is 5.75 Å². The Kier molecular flexibility index (Phi) is 9.21. The molecule has 1 amide bonds. The average molecular weight is 513 g/mol. The zero-order valence-electron chi connectivity index (χ0n) is 22.4. The van der Waals surface area contributed by atoms with Crippen molar-refractivity contribution in [2.45, 2.75) is 52.5 Å². The lowest BCUT2D eigenvalue weighted by molar-refractivity contribution is -0.116. The van der Waals surface area contributed by atoms with Gasteiger partial charge in [0.05, 0.1) is 11.3 Å². The number of carbonyl (C=O) groups is 1. The summed E-state index contributed by atoms with van der Waals surface area (Å²) < 4.78 is 6.47. The maximum absolute atomic E-state index is 12.3. The van der Waals surface area contributed by atoms with Crippen molar-refractivity contribution in [1.29, 1.82) is 0 Å². The van der Waals surface area contributed by atoms with Crippen LogP contribution in [0.2, 0.25) is 0 Å². The van der Waals surface area contributed by atoms with Gasteiger partial charge in [-0.05, 0) is 64.1 Å². The van der Waals surface area contributed by atoms with E-state index in [9.17, 15) is 4.79 Å². The molecule has 2 heterocycles. The maximum atomic E-state index is 12.3. The number of nitrogens with one attached hydrogen (secondary N) is 3. The number of amides is 1. The van der Waals surface area contributed by atoms with Gasteiger partial charge in [0.1, 0.15) is 5.75 Å². The Morgan fingerprint density at radius 3 is 2.87 bits per heavy atom. The fourth-order valence-corrected chi connectivity index (χ4v) is 4.56. The molecule has 0 radical (unpaired) electrons. The topological polar surface area (TPSA) is 101 Å². The summed E-state index contributed by atoms with van der Waals surface area (Å²) in [6, 6.07) is 11.9. The molecule has 3 N–H and O–H groups in total. The molecule has 8 heteroatoms. The molecule has 4 rings (SSSR count). The molecule has 0 unspecified atom stereocenters. The summed E-state index contributed by atoms with van der Waals surface area (Å²) in [7, 11) is 0. The molecule has 1 aliphatic rings. The number of allylic oxidation sites excluding steroid dienone is 3. The molecule has 38 heavy (non-hydrogen) atoms. The van der Waals surface area contributed by atoms with E-state index in [1.54, 1.807) is 6.20 Å². The molecule has 3 aromatic rings. The van der Waals surface area contributed by atoms with Crippen LogP contribution in [-0.2, 0) is 4.79 Å². The third-order valence-electron chi connectivity index (χ3n) is 6.43. The molecule has 8 nitrogen and oxygen atoms in total. The molecular formula is C30H36N6O2. The van der Waals surface area contributed by atoms with Crippen LogP contribution in [0.3, 0.4) is 0 Å². The molecule has 198 valence electrons. The molecular weight excluding hydrogens is 476 g/mol. The third-order valence-corrected chi connectivity index (χ3v) is 6.43. The molecule has 0 saturated carbocycles. The lowest BCUT2D eigenvalue weighted by atomic mass is 10.0. The van der Waals surface area contributed by atoms with Gasteiger partial charge in [-0.1, -0.05) is 43.3 Å². The van der Waals surface area contributed by atoms with Crippen molar-refractivity contribution >= 4 is 40.6 Å². The van der Waals surface area contributed by atoms with E-state index in [2.05, 4.69) is 32.6 Å². The summed E-state index contributed by atoms with van der Waals surface area (Å²) in [6.07, 6.45) is 9.01. The number of piperidine rings is 1. The largest absolute Gasteiger partial charge is 0.437 e. The number of rotatable bonds is 10. The highest BCUT2D eigenvalue weighted by molar-refractivity contribution is 6.04. The van der Waals surface area contributed by atoms with Gasteiger partial charge in [0.2, 0.25) is 17.7 Å². The van der Waals surface area contributed by atoms with E-state index in [0.717, 1.165) is 54.4 Å². The van der Waals surface area contributed by atoms with E-state index in [-0.39, 0.29) is 11.9 Å². The fourth-order valence-electron chi connectivity index (χ4n) is 4.56. The second kappa shape index (κ2) is 13.0. The Hall–Kier alpha value is -4.04. The molecule has 1 aliphatic heterocycles. The molecule has 0 aliphatic carbocycles. The van der Waals surface area contributed by atoms with Gasteiger partial charge in [-0.3, -0.25) is 4.79 Å². The number of hydrogen-bond donors (Lipinski definition) is 3. The minimum absolute atomic E-state index is 0.0102. The zero-order valence-corrected chi connectivity index (χ0v) is 22.4. The molecule has 2 aromatic carbocycles. The Labute approximate surface area is 224 Å². The highest BCUT2D eigenvalue weighted by Crippen LogP contribution is 2.36. The van der Waals surface area contributed by atoms with Gasteiger partial charge >= 0.3 is 0 Å². The number of aromatic nitrogens is 2. The smallest absolute Gasteiger partial charge is 0.228 e. The van der Waals surface area contributed by atoms with E-state index >= 15 is 0 Å². The summed E-state index contributed by atoms with van der Waals surface area (Å²) in [4.78, 5) is 25.8. The van der Waals surface area contributed by atoms with Crippen LogP contribution in [0, 0.1) is 6.92 Å². The lowest BCUT2D eigenvalue weighted by Crippen LogP contribution is -2.38. The first-order valence-corrected chi connectivity index (χ1v) is 13.2. The minimum atomic E-state index is -0.0102. The number of aryl methyl sites for hydroxylation is 1. The average Bonchev–Trinajstić information content (AvgIpc) is 2.92. The third kappa shape index (κ3) is 6.44. The Morgan fingerprint density at radius 2 is 2.13 bits per heavy atom. The minimum Gasteiger partial charge on any atom is -0.437 e. The van der Waals surface area contributed by atoms with E-state index < -0.39 is 0 Å². The first kappa shape index (κ1) is 27.0.